The van der Waals surface area contributed by atoms with Crippen LogP contribution < -0.4 is 0 Å². The van der Waals surface area contributed by atoms with Gasteiger partial charge in [-0.05, 0) is 12.1 Å². The van der Waals surface area contributed by atoms with Crippen LogP contribution in [-0.2, 0) is 0 Å². The number of nitrogens with zero attached hydrogens (tertiary/aromatic N) is 1. The second-order valence-corrected chi connectivity index (χ2v) is 3.82. The fraction of sp³-hybridized carbons (Fsp3) is 0. The molecule has 13 heavy (non-hydrogen) atoms. The Labute approximate surface area is 88.6 Å². The largest absolute Gasteiger partial charge is 0.355 e. The van der Waals surface area contributed by atoms with E-state index < -0.39 is 0 Å². The van der Waals surface area contributed by atoms with Crippen LogP contribution in [-0.4, -0.2) is 5.16 Å². The van der Waals surface area contributed by atoms with Crippen molar-refractivity contribution in [2.75, 3.05) is 0 Å². The lowest BCUT2D eigenvalue weighted by Gasteiger charge is -1.93. The van der Waals surface area contributed by atoms with Crippen molar-refractivity contribution in [2.45, 2.75) is 0 Å². The maximum Gasteiger partial charge on any atom is 0.172 e. The van der Waals surface area contributed by atoms with Gasteiger partial charge in [0.2, 0.25) is 0 Å². The third-order valence-electron chi connectivity index (χ3n) is 1.61. The maximum absolute atomic E-state index is 5.63. The summed E-state index contributed by atoms with van der Waals surface area (Å²) in [6, 6.07) is 9.42. The fourth-order valence-electron chi connectivity index (χ4n) is 1.00. The second kappa shape index (κ2) is 3.52. The van der Waals surface area contributed by atoms with Crippen molar-refractivity contribution in [3.8, 4) is 11.3 Å². The lowest BCUT2D eigenvalue weighted by atomic mass is 10.2. The van der Waals surface area contributed by atoms with Crippen LogP contribution in [0.3, 0.4) is 0 Å². The van der Waals surface area contributed by atoms with Crippen molar-refractivity contribution in [3.63, 3.8) is 0 Å². The lowest BCUT2D eigenvalue weighted by molar-refractivity contribution is 0.432. The molecule has 0 N–H and O–H groups in total. The van der Waals surface area contributed by atoms with Gasteiger partial charge in [0, 0.05) is 16.1 Å². The molecule has 0 aliphatic carbocycles. The van der Waals surface area contributed by atoms with E-state index in [0.717, 1.165) is 10.0 Å². The monoisotopic (exact) mass is 257 g/mol. The van der Waals surface area contributed by atoms with Crippen molar-refractivity contribution in [2.24, 2.45) is 0 Å². The molecule has 66 valence electrons. The van der Waals surface area contributed by atoms with Crippen LogP contribution in [0.4, 0.5) is 0 Å². The molecule has 1 heterocycles. The Morgan fingerprint density at radius 1 is 1.23 bits per heavy atom. The average Bonchev–Trinajstić information content (AvgIpc) is 2.53. The number of benzene rings is 1. The van der Waals surface area contributed by atoms with E-state index in [9.17, 15) is 0 Å². The summed E-state index contributed by atoms with van der Waals surface area (Å²) in [5.41, 5.74) is 0.961. The Balaban J connectivity index is 2.41. The zero-order chi connectivity index (χ0) is 9.26. The molecule has 1 aromatic carbocycles. The van der Waals surface area contributed by atoms with E-state index in [0.29, 0.717) is 10.9 Å². The van der Waals surface area contributed by atoms with E-state index in [1.807, 2.05) is 24.3 Å². The molecule has 0 fully saturated rings. The van der Waals surface area contributed by atoms with Crippen molar-refractivity contribution in [3.05, 3.63) is 40.0 Å². The molecule has 0 bridgehead atoms. The molecule has 0 radical (unpaired) electrons. The van der Waals surface area contributed by atoms with Gasteiger partial charge in [-0.3, -0.25) is 0 Å². The minimum atomic E-state index is 0.373. The molecule has 4 heteroatoms. The third-order valence-corrected chi connectivity index (χ3v) is 2.32. The first-order valence-electron chi connectivity index (χ1n) is 3.64. The highest BCUT2D eigenvalue weighted by Gasteiger charge is 2.03. The minimum absolute atomic E-state index is 0.373. The SMILES string of the molecule is Clc1cc(-c2ccc(Br)cc2)on1. The number of rotatable bonds is 1. The Morgan fingerprint density at radius 3 is 2.46 bits per heavy atom. The molecular weight excluding hydrogens is 253 g/mol. The summed E-state index contributed by atoms with van der Waals surface area (Å²) in [5, 5.41) is 3.97. The number of hydrogen-bond donors (Lipinski definition) is 0. The molecule has 0 saturated heterocycles. The molecule has 2 aromatic rings. The molecule has 2 nitrogen and oxygen atoms in total. The van der Waals surface area contributed by atoms with E-state index in [2.05, 4.69) is 21.1 Å². The summed E-state index contributed by atoms with van der Waals surface area (Å²) in [5.74, 6) is 0.678. The van der Waals surface area contributed by atoms with Crippen LogP contribution in [0.5, 0.6) is 0 Å². The second-order valence-electron chi connectivity index (χ2n) is 2.52. The molecular formula is C9H5BrClNO. The maximum atomic E-state index is 5.63. The van der Waals surface area contributed by atoms with E-state index in [1.54, 1.807) is 6.07 Å². The predicted octanol–water partition coefficient (Wildman–Crippen LogP) is 3.76. The highest BCUT2D eigenvalue weighted by Crippen LogP contribution is 2.23. The van der Waals surface area contributed by atoms with Gasteiger partial charge in [-0.2, -0.15) is 0 Å². The van der Waals surface area contributed by atoms with Gasteiger partial charge in [-0.1, -0.05) is 44.8 Å². The molecule has 0 aliphatic rings. The van der Waals surface area contributed by atoms with Gasteiger partial charge in [0.1, 0.15) is 0 Å². The first-order valence-corrected chi connectivity index (χ1v) is 4.81. The normalized spacial score (nSPS) is 10.3. The highest BCUT2D eigenvalue weighted by molar-refractivity contribution is 9.10. The van der Waals surface area contributed by atoms with E-state index >= 15 is 0 Å². The highest BCUT2D eigenvalue weighted by atomic mass is 79.9. The van der Waals surface area contributed by atoms with E-state index in [1.165, 1.54) is 0 Å². The van der Waals surface area contributed by atoms with Crippen molar-refractivity contribution in [1.29, 1.82) is 0 Å². The average molecular weight is 259 g/mol. The number of hydrogen-bond acceptors (Lipinski definition) is 2. The Morgan fingerprint density at radius 2 is 1.92 bits per heavy atom. The van der Waals surface area contributed by atoms with Gasteiger partial charge >= 0.3 is 0 Å². The van der Waals surface area contributed by atoms with Gasteiger partial charge in [-0.25, -0.2) is 0 Å². The van der Waals surface area contributed by atoms with Crippen LogP contribution in [0.25, 0.3) is 11.3 Å². The van der Waals surface area contributed by atoms with Crippen LogP contribution in [0.15, 0.2) is 39.3 Å². The van der Waals surface area contributed by atoms with E-state index in [-0.39, 0.29) is 0 Å². The molecule has 0 atom stereocenters. The molecule has 0 aliphatic heterocycles. The van der Waals surface area contributed by atoms with Crippen LogP contribution in [0.2, 0.25) is 5.15 Å². The van der Waals surface area contributed by atoms with Crippen LogP contribution in [0, 0.1) is 0 Å². The van der Waals surface area contributed by atoms with Gasteiger partial charge in [-0.15, -0.1) is 0 Å². The zero-order valence-corrected chi connectivity index (χ0v) is 8.84. The van der Waals surface area contributed by atoms with Gasteiger partial charge < -0.3 is 4.52 Å². The Kier molecular flexibility index (Phi) is 2.38. The molecule has 0 spiro atoms. The predicted molar refractivity (Wildman–Crippen MR) is 54.6 cm³/mol. The zero-order valence-electron chi connectivity index (χ0n) is 6.50. The molecule has 1 aromatic heterocycles. The summed E-state index contributed by atoms with van der Waals surface area (Å²) in [6.45, 7) is 0. The summed E-state index contributed by atoms with van der Waals surface area (Å²) < 4.78 is 6.02. The van der Waals surface area contributed by atoms with E-state index in [4.69, 9.17) is 16.1 Å². The standard InChI is InChI=1S/C9H5BrClNO/c10-7-3-1-6(2-4-7)8-5-9(11)12-13-8/h1-5H. The van der Waals surface area contributed by atoms with Gasteiger partial charge in [0.05, 0.1) is 0 Å². The summed E-state index contributed by atoms with van der Waals surface area (Å²) in [7, 11) is 0. The smallest absolute Gasteiger partial charge is 0.172 e. The van der Waals surface area contributed by atoms with Gasteiger partial charge in [0.25, 0.3) is 0 Å². The molecule has 0 saturated carbocycles. The quantitative estimate of drug-likeness (QED) is 0.778. The summed E-state index contributed by atoms with van der Waals surface area (Å²) in [4.78, 5) is 0. The van der Waals surface area contributed by atoms with Crippen LogP contribution >= 0.6 is 27.5 Å². The molecule has 0 unspecified atom stereocenters. The number of halogens is 2. The van der Waals surface area contributed by atoms with Crippen molar-refractivity contribution < 1.29 is 4.52 Å². The number of aromatic nitrogens is 1. The lowest BCUT2D eigenvalue weighted by Crippen LogP contribution is -1.71. The Bertz CT molecular complexity index is 410. The first-order chi connectivity index (χ1) is 6.25. The van der Waals surface area contributed by atoms with Crippen molar-refractivity contribution in [1.82, 2.24) is 5.16 Å². The van der Waals surface area contributed by atoms with Crippen molar-refractivity contribution >= 4 is 27.5 Å². The molecule has 0 amide bonds. The summed E-state index contributed by atoms with van der Waals surface area (Å²) in [6.07, 6.45) is 0. The fourth-order valence-corrected chi connectivity index (χ4v) is 1.40. The minimum Gasteiger partial charge on any atom is -0.355 e. The molecule has 2 rings (SSSR count). The van der Waals surface area contributed by atoms with Crippen LogP contribution in [0.1, 0.15) is 0 Å². The summed E-state index contributed by atoms with van der Waals surface area (Å²) >= 11 is 8.98. The van der Waals surface area contributed by atoms with Gasteiger partial charge in [0.15, 0.2) is 10.9 Å². The third kappa shape index (κ3) is 1.92. The topological polar surface area (TPSA) is 26.0 Å². The first kappa shape index (κ1) is 8.78. The Hall–Kier alpha value is -0.800.